The summed E-state index contributed by atoms with van der Waals surface area (Å²) in [7, 11) is 0. The topological polar surface area (TPSA) is 99.3 Å². The van der Waals surface area contributed by atoms with Gasteiger partial charge < -0.3 is 10.6 Å². The van der Waals surface area contributed by atoms with Gasteiger partial charge in [-0.1, -0.05) is 25.1 Å². The highest BCUT2D eigenvalue weighted by Crippen LogP contribution is 2.35. The zero-order chi connectivity index (χ0) is 14.7. The van der Waals surface area contributed by atoms with Crippen LogP contribution in [0.4, 0.5) is 0 Å². The van der Waals surface area contributed by atoms with Crippen LogP contribution in [0.5, 0.6) is 0 Å². The number of rotatable bonds is 4. The molecule has 6 heteroatoms. The first-order chi connectivity index (χ1) is 9.54. The molecule has 1 heterocycles. The van der Waals surface area contributed by atoms with Gasteiger partial charge in [-0.2, -0.15) is 0 Å². The summed E-state index contributed by atoms with van der Waals surface area (Å²) in [6.45, 7) is 2.59. The Balaban J connectivity index is 2.25. The maximum atomic E-state index is 12.3. The quantitative estimate of drug-likeness (QED) is 0.564. The van der Waals surface area contributed by atoms with Crippen LogP contribution in [0.25, 0.3) is 0 Å². The first kappa shape index (κ1) is 14.0. The summed E-state index contributed by atoms with van der Waals surface area (Å²) >= 11 is 0. The van der Waals surface area contributed by atoms with Crippen molar-refractivity contribution in [3.8, 4) is 0 Å². The van der Waals surface area contributed by atoms with E-state index in [1.165, 1.54) is 0 Å². The second kappa shape index (κ2) is 5.73. The maximum absolute atomic E-state index is 12.3. The first-order valence-electron chi connectivity index (χ1n) is 6.58. The highest BCUT2D eigenvalue weighted by Gasteiger charge is 2.36. The molecule has 2 amide bonds. The van der Waals surface area contributed by atoms with Gasteiger partial charge in [0.15, 0.2) is 5.96 Å². The third-order valence-corrected chi connectivity index (χ3v) is 3.30. The smallest absolute Gasteiger partial charge is 0.254 e. The highest BCUT2D eigenvalue weighted by molar-refractivity contribution is 6.01. The molecule has 1 unspecified atom stereocenters. The summed E-state index contributed by atoms with van der Waals surface area (Å²) in [5, 5.41) is 9.34. The zero-order valence-electron chi connectivity index (χ0n) is 11.3. The van der Waals surface area contributed by atoms with Crippen LogP contribution >= 0.6 is 0 Å². The number of hydrogen-bond acceptors (Lipinski definition) is 3. The van der Waals surface area contributed by atoms with E-state index in [1.54, 1.807) is 11.0 Å². The van der Waals surface area contributed by atoms with E-state index in [2.05, 4.69) is 5.32 Å². The van der Waals surface area contributed by atoms with Crippen molar-refractivity contribution in [2.24, 2.45) is 5.73 Å². The fourth-order valence-electron chi connectivity index (χ4n) is 2.54. The molecule has 1 aliphatic heterocycles. The molecule has 1 aliphatic rings. The van der Waals surface area contributed by atoms with E-state index in [0.717, 1.165) is 12.0 Å². The van der Waals surface area contributed by atoms with E-state index >= 15 is 0 Å². The van der Waals surface area contributed by atoms with Crippen molar-refractivity contribution in [1.82, 2.24) is 10.2 Å². The fourth-order valence-corrected chi connectivity index (χ4v) is 2.54. The molecule has 0 aliphatic carbocycles. The Morgan fingerprint density at radius 2 is 2.15 bits per heavy atom. The van der Waals surface area contributed by atoms with Gasteiger partial charge in [-0.15, -0.1) is 0 Å². The number of nitrogens with zero attached hydrogens (tertiary/aromatic N) is 1. The number of nitrogens with two attached hydrogens (primary N) is 1. The average Bonchev–Trinajstić information content (AvgIpc) is 2.64. The van der Waals surface area contributed by atoms with Crippen molar-refractivity contribution < 1.29 is 9.59 Å². The van der Waals surface area contributed by atoms with Gasteiger partial charge in [-0.3, -0.25) is 20.3 Å². The minimum absolute atomic E-state index is 0.0388. The largest absolute Gasteiger partial charge is 0.370 e. The molecule has 0 aromatic heterocycles. The normalized spacial score (nSPS) is 16.9. The van der Waals surface area contributed by atoms with Gasteiger partial charge in [0.1, 0.15) is 0 Å². The van der Waals surface area contributed by atoms with E-state index in [4.69, 9.17) is 11.1 Å². The van der Waals surface area contributed by atoms with Crippen molar-refractivity contribution >= 4 is 17.8 Å². The van der Waals surface area contributed by atoms with Crippen molar-refractivity contribution in [2.45, 2.75) is 25.8 Å². The minimum atomic E-state index is -0.380. The minimum Gasteiger partial charge on any atom is -0.370 e. The number of benzene rings is 1. The lowest BCUT2D eigenvalue weighted by Crippen LogP contribution is -2.38. The molecule has 0 fully saturated rings. The molecule has 4 N–H and O–H groups in total. The second-order valence-electron chi connectivity index (χ2n) is 4.77. The molecule has 1 aromatic rings. The van der Waals surface area contributed by atoms with Crippen molar-refractivity contribution in [3.63, 3.8) is 0 Å². The molecule has 0 saturated heterocycles. The third-order valence-electron chi connectivity index (χ3n) is 3.30. The summed E-state index contributed by atoms with van der Waals surface area (Å²) in [6, 6.07) is 7.05. The van der Waals surface area contributed by atoms with Crippen molar-refractivity contribution in [3.05, 3.63) is 35.4 Å². The SMILES string of the molecule is CCCN1C(=O)c2ccccc2C1CC(=O)NC(=N)N. The lowest BCUT2D eigenvalue weighted by atomic mass is 10.0. The molecule has 20 heavy (non-hydrogen) atoms. The molecule has 0 saturated carbocycles. The molecule has 0 radical (unpaired) electrons. The van der Waals surface area contributed by atoms with Crippen LogP contribution in [0.1, 0.15) is 41.7 Å². The number of carbonyl (C=O) groups is 2. The molecular weight excluding hydrogens is 256 g/mol. The van der Waals surface area contributed by atoms with Crippen molar-refractivity contribution in [1.29, 1.82) is 5.41 Å². The fraction of sp³-hybridized carbons (Fsp3) is 0.357. The Kier molecular flexibility index (Phi) is 4.02. The number of guanidine groups is 1. The highest BCUT2D eigenvalue weighted by atomic mass is 16.2. The van der Waals surface area contributed by atoms with Crippen molar-refractivity contribution in [2.75, 3.05) is 6.54 Å². The number of nitrogens with one attached hydrogen (secondary N) is 2. The lowest BCUT2D eigenvalue weighted by molar-refractivity contribution is -0.120. The van der Waals surface area contributed by atoms with Gasteiger partial charge in [0.25, 0.3) is 5.91 Å². The maximum Gasteiger partial charge on any atom is 0.254 e. The van der Waals surface area contributed by atoms with Crippen LogP contribution in [-0.4, -0.2) is 29.2 Å². The molecule has 6 nitrogen and oxygen atoms in total. The number of hydrogen-bond donors (Lipinski definition) is 3. The average molecular weight is 274 g/mol. The van der Waals surface area contributed by atoms with Crippen LogP contribution in [0.2, 0.25) is 0 Å². The van der Waals surface area contributed by atoms with Crippen LogP contribution in [0.15, 0.2) is 24.3 Å². The molecule has 106 valence electrons. The second-order valence-corrected chi connectivity index (χ2v) is 4.77. The lowest BCUT2D eigenvalue weighted by Gasteiger charge is -2.24. The van der Waals surface area contributed by atoms with E-state index in [9.17, 15) is 9.59 Å². The Morgan fingerprint density at radius 1 is 1.45 bits per heavy atom. The first-order valence-corrected chi connectivity index (χ1v) is 6.58. The Morgan fingerprint density at radius 3 is 2.80 bits per heavy atom. The predicted molar refractivity (Wildman–Crippen MR) is 75.2 cm³/mol. The van der Waals surface area contributed by atoms with E-state index in [-0.39, 0.29) is 30.2 Å². The Bertz CT molecular complexity index is 556. The van der Waals surface area contributed by atoms with Gasteiger partial charge in [-0.25, -0.2) is 0 Å². The molecule has 0 spiro atoms. The summed E-state index contributed by atoms with van der Waals surface area (Å²) in [6.07, 6.45) is 0.937. The van der Waals surface area contributed by atoms with Crippen LogP contribution in [0.3, 0.4) is 0 Å². The van der Waals surface area contributed by atoms with E-state index in [0.29, 0.717) is 12.1 Å². The van der Waals surface area contributed by atoms with Crippen LogP contribution in [0, 0.1) is 5.41 Å². The Labute approximate surface area is 117 Å². The van der Waals surface area contributed by atoms with Gasteiger partial charge in [0.05, 0.1) is 12.5 Å². The standard InChI is InChI=1S/C14H18N4O2/c1-2-7-18-11(8-12(19)17-14(15)16)9-5-3-4-6-10(9)13(18)20/h3-6,11H,2,7-8H2,1H3,(H4,15,16,17,19). The molecule has 1 aromatic carbocycles. The van der Waals surface area contributed by atoms with Gasteiger partial charge in [0, 0.05) is 12.1 Å². The third kappa shape index (κ3) is 2.64. The number of fused-ring (bicyclic) bond motifs is 1. The summed E-state index contributed by atoms with van der Waals surface area (Å²) in [5.41, 5.74) is 6.67. The summed E-state index contributed by atoms with van der Waals surface area (Å²) in [5.74, 6) is -0.772. The Hall–Kier alpha value is -2.37. The van der Waals surface area contributed by atoms with Gasteiger partial charge >= 0.3 is 0 Å². The molecule has 1 atom stereocenters. The van der Waals surface area contributed by atoms with Gasteiger partial charge in [0.2, 0.25) is 5.91 Å². The summed E-state index contributed by atoms with van der Waals surface area (Å²) in [4.78, 5) is 25.8. The number of amides is 2. The molecular formula is C14H18N4O2. The van der Waals surface area contributed by atoms with E-state index < -0.39 is 0 Å². The van der Waals surface area contributed by atoms with Crippen LogP contribution in [-0.2, 0) is 4.79 Å². The molecule has 2 rings (SSSR count). The number of carbonyl (C=O) groups excluding carboxylic acids is 2. The van der Waals surface area contributed by atoms with Gasteiger partial charge in [-0.05, 0) is 18.1 Å². The summed E-state index contributed by atoms with van der Waals surface area (Å²) < 4.78 is 0. The van der Waals surface area contributed by atoms with Crippen LogP contribution < -0.4 is 11.1 Å². The predicted octanol–water partition coefficient (Wildman–Crippen LogP) is 0.993. The monoisotopic (exact) mass is 274 g/mol. The molecule has 0 bridgehead atoms. The zero-order valence-corrected chi connectivity index (χ0v) is 11.3. The van der Waals surface area contributed by atoms with E-state index in [1.807, 2.05) is 25.1 Å².